The number of anilines is 2. The summed E-state index contributed by atoms with van der Waals surface area (Å²) in [6, 6.07) is 5.76. The molecule has 0 amide bonds. The van der Waals surface area contributed by atoms with Crippen LogP contribution in [0.2, 0.25) is 5.15 Å². The second-order valence-electron chi connectivity index (χ2n) is 6.36. The van der Waals surface area contributed by atoms with Crippen molar-refractivity contribution < 1.29 is 8.78 Å². The van der Waals surface area contributed by atoms with Gasteiger partial charge in [-0.25, -0.2) is 13.8 Å². The van der Waals surface area contributed by atoms with Gasteiger partial charge in [0.1, 0.15) is 11.6 Å². The van der Waals surface area contributed by atoms with Gasteiger partial charge in [0.05, 0.1) is 11.4 Å². The molecule has 24 heavy (non-hydrogen) atoms. The molecule has 2 N–H and O–H groups in total. The zero-order valence-corrected chi connectivity index (χ0v) is 14.3. The Kier molecular flexibility index (Phi) is 4.90. The molecule has 0 unspecified atom stereocenters. The van der Waals surface area contributed by atoms with Crippen molar-refractivity contribution in [2.75, 3.05) is 23.7 Å². The van der Waals surface area contributed by atoms with Crippen LogP contribution in [0.25, 0.3) is 0 Å². The molecule has 0 atom stereocenters. The molecule has 1 saturated heterocycles. The number of rotatable bonds is 3. The smallest absolute Gasteiger partial charge is 0.154 e. The van der Waals surface area contributed by atoms with Gasteiger partial charge in [-0.3, -0.25) is 0 Å². The van der Waals surface area contributed by atoms with E-state index < -0.39 is 11.6 Å². The summed E-state index contributed by atoms with van der Waals surface area (Å²) in [6.07, 6.45) is 2.48. The molecule has 0 bridgehead atoms. The summed E-state index contributed by atoms with van der Waals surface area (Å²) in [7, 11) is 0. The molecule has 1 aliphatic heterocycles. The number of nitrogens with zero attached hydrogens (tertiary/aromatic N) is 2. The van der Waals surface area contributed by atoms with Crippen molar-refractivity contribution in [3.8, 4) is 0 Å². The minimum Gasteiger partial charge on any atom is -0.395 e. The Bertz CT molecular complexity index is 743. The summed E-state index contributed by atoms with van der Waals surface area (Å²) in [6.45, 7) is 3.55. The maximum Gasteiger partial charge on any atom is 0.154 e. The zero-order valence-electron chi connectivity index (χ0n) is 13.5. The molecule has 1 aliphatic rings. The maximum atomic E-state index is 13.8. The highest BCUT2D eigenvalue weighted by Crippen LogP contribution is 2.33. The van der Waals surface area contributed by atoms with Gasteiger partial charge in [-0.1, -0.05) is 17.7 Å². The number of hydrogen-bond acceptors (Lipinski definition) is 3. The third-order valence-corrected chi connectivity index (χ3v) is 4.89. The third kappa shape index (κ3) is 3.61. The predicted molar refractivity (Wildman–Crippen MR) is 93.4 cm³/mol. The van der Waals surface area contributed by atoms with E-state index in [1.807, 2.05) is 13.0 Å². The summed E-state index contributed by atoms with van der Waals surface area (Å²) < 4.78 is 26.8. The Morgan fingerprint density at radius 2 is 1.96 bits per heavy atom. The maximum absolute atomic E-state index is 13.8. The van der Waals surface area contributed by atoms with Gasteiger partial charge in [0.15, 0.2) is 5.15 Å². The number of nitrogen functional groups attached to an aromatic ring is 1. The van der Waals surface area contributed by atoms with Crippen molar-refractivity contribution in [3.05, 3.63) is 52.3 Å². The highest BCUT2D eigenvalue weighted by Gasteiger charge is 2.23. The van der Waals surface area contributed by atoms with E-state index >= 15 is 0 Å². The van der Waals surface area contributed by atoms with Crippen molar-refractivity contribution >= 4 is 23.0 Å². The van der Waals surface area contributed by atoms with Crippen LogP contribution < -0.4 is 10.6 Å². The van der Waals surface area contributed by atoms with E-state index in [2.05, 4.69) is 9.88 Å². The second kappa shape index (κ2) is 6.93. The fourth-order valence-electron chi connectivity index (χ4n) is 3.27. The Labute approximate surface area is 145 Å². The van der Waals surface area contributed by atoms with Crippen LogP contribution in [0.4, 0.5) is 20.2 Å². The lowest BCUT2D eigenvalue weighted by Gasteiger charge is -2.34. The zero-order chi connectivity index (χ0) is 17.3. The third-order valence-electron chi connectivity index (χ3n) is 4.60. The first-order chi connectivity index (χ1) is 11.4. The number of hydrogen-bond donors (Lipinski definition) is 1. The van der Waals surface area contributed by atoms with E-state index in [0.29, 0.717) is 28.7 Å². The number of aryl methyl sites for hydroxylation is 1. The van der Waals surface area contributed by atoms with Crippen LogP contribution in [0.1, 0.15) is 24.1 Å². The largest absolute Gasteiger partial charge is 0.395 e. The SMILES string of the molecule is Cc1cc(N2CCC(Cc3ccc(F)cc3F)CC2)c(N)c(Cl)n1. The molecular formula is C18H20ClF2N3. The van der Waals surface area contributed by atoms with Gasteiger partial charge in [0.2, 0.25) is 0 Å². The fourth-order valence-corrected chi connectivity index (χ4v) is 3.50. The molecule has 1 aromatic carbocycles. The molecule has 1 fully saturated rings. The Morgan fingerprint density at radius 1 is 1.25 bits per heavy atom. The summed E-state index contributed by atoms with van der Waals surface area (Å²) in [5, 5.41) is 0.334. The van der Waals surface area contributed by atoms with Crippen molar-refractivity contribution in [1.82, 2.24) is 4.98 Å². The van der Waals surface area contributed by atoms with Crippen molar-refractivity contribution in [3.63, 3.8) is 0 Å². The molecule has 2 heterocycles. The minimum absolute atomic E-state index is 0.334. The second-order valence-corrected chi connectivity index (χ2v) is 6.72. The fraction of sp³-hybridized carbons (Fsp3) is 0.389. The molecular weight excluding hydrogens is 332 g/mol. The summed E-state index contributed by atoms with van der Waals surface area (Å²) >= 11 is 6.07. The predicted octanol–water partition coefficient (Wildman–Crippen LogP) is 4.36. The van der Waals surface area contributed by atoms with Gasteiger partial charge in [-0.2, -0.15) is 0 Å². The number of nitrogens with two attached hydrogens (primary N) is 1. The van der Waals surface area contributed by atoms with Crippen LogP contribution in [-0.4, -0.2) is 18.1 Å². The monoisotopic (exact) mass is 351 g/mol. The first-order valence-corrected chi connectivity index (χ1v) is 8.43. The first-order valence-electron chi connectivity index (χ1n) is 8.05. The Hall–Kier alpha value is -1.88. The van der Waals surface area contributed by atoms with Crippen LogP contribution in [-0.2, 0) is 6.42 Å². The quantitative estimate of drug-likeness (QED) is 0.835. The summed E-state index contributed by atoms with van der Waals surface area (Å²) in [5.41, 5.74) is 8.89. The van der Waals surface area contributed by atoms with Crippen LogP contribution >= 0.6 is 11.6 Å². The highest BCUT2D eigenvalue weighted by molar-refractivity contribution is 6.32. The average Bonchev–Trinajstić information content (AvgIpc) is 2.54. The number of halogens is 3. The van der Waals surface area contributed by atoms with Gasteiger partial charge in [0.25, 0.3) is 0 Å². The van der Waals surface area contributed by atoms with E-state index in [9.17, 15) is 8.78 Å². The lowest BCUT2D eigenvalue weighted by atomic mass is 9.89. The van der Waals surface area contributed by atoms with E-state index in [-0.39, 0.29) is 0 Å². The molecule has 3 rings (SSSR count). The Balaban J connectivity index is 1.66. The van der Waals surface area contributed by atoms with Crippen LogP contribution in [0.3, 0.4) is 0 Å². The first kappa shape index (κ1) is 17.0. The van der Waals surface area contributed by atoms with Gasteiger partial charge in [0, 0.05) is 24.8 Å². The lowest BCUT2D eigenvalue weighted by molar-refractivity contribution is 0.397. The molecule has 0 saturated carbocycles. The van der Waals surface area contributed by atoms with Gasteiger partial charge in [-0.05, 0) is 49.8 Å². The molecule has 0 aliphatic carbocycles. The van der Waals surface area contributed by atoms with E-state index in [1.54, 1.807) is 6.07 Å². The van der Waals surface area contributed by atoms with Crippen LogP contribution in [0.15, 0.2) is 24.3 Å². The molecule has 2 aromatic rings. The van der Waals surface area contributed by atoms with Crippen LogP contribution in [0, 0.1) is 24.5 Å². The summed E-state index contributed by atoms with van der Waals surface area (Å²) in [5.74, 6) is -0.620. The van der Waals surface area contributed by atoms with Crippen molar-refractivity contribution in [2.45, 2.75) is 26.2 Å². The van der Waals surface area contributed by atoms with Crippen molar-refractivity contribution in [2.24, 2.45) is 5.92 Å². The number of pyridine rings is 1. The van der Waals surface area contributed by atoms with E-state index in [0.717, 1.165) is 43.4 Å². The number of aromatic nitrogens is 1. The van der Waals surface area contributed by atoms with E-state index in [1.165, 1.54) is 6.07 Å². The van der Waals surface area contributed by atoms with Gasteiger partial charge in [-0.15, -0.1) is 0 Å². The van der Waals surface area contributed by atoms with Crippen molar-refractivity contribution in [1.29, 1.82) is 0 Å². The molecule has 3 nitrogen and oxygen atoms in total. The minimum atomic E-state index is -0.536. The van der Waals surface area contributed by atoms with Crippen LogP contribution in [0.5, 0.6) is 0 Å². The molecule has 0 spiro atoms. The molecule has 0 radical (unpaired) electrons. The molecule has 6 heteroatoms. The Morgan fingerprint density at radius 3 is 2.62 bits per heavy atom. The standard InChI is InChI=1S/C18H20ClF2N3/c1-11-8-16(17(22)18(19)23-11)24-6-4-12(5-7-24)9-13-2-3-14(20)10-15(13)21/h2-3,8,10,12H,4-7,9,22H2,1H3. The molecule has 1 aromatic heterocycles. The normalized spacial score (nSPS) is 15.8. The molecule has 128 valence electrons. The van der Waals surface area contributed by atoms with Gasteiger partial charge >= 0.3 is 0 Å². The lowest BCUT2D eigenvalue weighted by Crippen LogP contribution is -2.35. The number of benzene rings is 1. The summed E-state index contributed by atoms with van der Waals surface area (Å²) in [4.78, 5) is 6.36. The highest BCUT2D eigenvalue weighted by atomic mass is 35.5. The number of piperidine rings is 1. The van der Waals surface area contributed by atoms with E-state index in [4.69, 9.17) is 17.3 Å². The topological polar surface area (TPSA) is 42.1 Å². The average molecular weight is 352 g/mol. The van der Waals surface area contributed by atoms with Gasteiger partial charge < -0.3 is 10.6 Å².